The lowest BCUT2D eigenvalue weighted by atomic mass is 10.1. The number of carbonyl (C=O) groups excluding carboxylic acids is 1. The molecule has 2 aromatic rings. The Kier molecular flexibility index (Phi) is 5.66. The second kappa shape index (κ2) is 7.48. The van der Waals surface area contributed by atoms with Gasteiger partial charge in [0.25, 0.3) is 0 Å². The molecule has 1 atom stereocenters. The van der Waals surface area contributed by atoms with Gasteiger partial charge in [-0.2, -0.15) is 0 Å². The molecule has 110 valence electrons. The number of rotatable bonds is 5. The van der Waals surface area contributed by atoms with Crippen LogP contribution >= 0.6 is 23.2 Å². The van der Waals surface area contributed by atoms with Gasteiger partial charge >= 0.3 is 0 Å². The second-order valence-electron chi connectivity index (χ2n) is 4.90. The van der Waals surface area contributed by atoms with Gasteiger partial charge in [-0.05, 0) is 36.6 Å². The van der Waals surface area contributed by atoms with E-state index >= 15 is 0 Å². The van der Waals surface area contributed by atoms with Gasteiger partial charge in [-0.15, -0.1) is 0 Å². The van der Waals surface area contributed by atoms with Crippen molar-refractivity contribution in [3.05, 3.63) is 69.7 Å². The number of hydrogen-bond acceptors (Lipinski definition) is 1. The lowest BCUT2D eigenvalue weighted by Crippen LogP contribution is -2.27. The molecule has 0 saturated carbocycles. The summed E-state index contributed by atoms with van der Waals surface area (Å²) in [7, 11) is 0. The van der Waals surface area contributed by atoms with E-state index in [2.05, 4.69) is 5.32 Å². The van der Waals surface area contributed by atoms with Crippen LogP contribution in [0.5, 0.6) is 0 Å². The van der Waals surface area contributed by atoms with Gasteiger partial charge in [-0.25, -0.2) is 0 Å². The molecule has 2 rings (SSSR count). The van der Waals surface area contributed by atoms with Gasteiger partial charge in [-0.1, -0.05) is 59.6 Å². The minimum atomic E-state index is -0.113. The molecule has 2 nitrogen and oxygen atoms in total. The Morgan fingerprint density at radius 2 is 1.67 bits per heavy atom. The van der Waals surface area contributed by atoms with E-state index in [1.807, 2.05) is 55.5 Å². The summed E-state index contributed by atoms with van der Waals surface area (Å²) in [5.41, 5.74) is 1.91. The number of amides is 1. The first-order valence-corrected chi connectivity index (χ1v) is 7.60. The van der Waals surface area contributed by atoms with Crippen LogP contribution < -0.4 is 5.32 Å². The van der Waals surface area contributed by atoms with E-state index in [4.69, 9.17) is 23.2 Å². The van der Waals surface area contributed by atoms with Gasteiger partial charge in [0.1, 0.15) is 0 Å². The molecule has 0 heterocycles. The standard InChI is InChI=1S/C17H17Cl2NO/c1-12(14-7-3-5-9-16(14)19)20-17(21)11-10-13-6-2-4-8-15(13)18/h2-9,12H,10-11H2,1H3,(H,20,21). The molecule has 0 bridgehead atoms. The number of nitrogens with one attached hydrogen (secondary N) is 1. The zero-order valence-electron chi connectivity index (χ0n) is 11.8. The molecule has 0 radical (unpaired) electrons. The molecule has 1 amide bonds. The summed E-state index contributed by atoms with van der Waals surface area (Å²) in [6.07, 6.45) is 1.03. The Morgan fingerprint density at radius 1 is 1.05 bits per heavy atom. The smallest absolute Gasteiger partial charge is 0.220 e. The molecule has 0 fully saturated rings. The van der Waals surface area contributed by atoms with Gasteiger partial charge < -0.3 is 5.32 Å². The SMILES string of the molecule is CC(NC(=O)CCc1ccccc1Cl)c1ccccc1Cl. The topological polar surface area (TPSA) is 29.1 Å². The highest BCUT2D eigenvalue weighted by molar-refractivity contribution is 6.31. The van der Waals surface area contributed by atoms with Crippen molar-refractivity contribution < 1.29 is 4.79 Å². The Labute approximate surface area is 135 Å². The van der Waals surface area contributed by atoms with Crippen molar-refractivity contribution in [1.82, 2.24) is 5.32 Å². The molecule has 0 saturated heterocycles. The van der Waals surface area contributed by atoms with Gasteiger partial charge in [-0.3, -0.25) is 4.79 Å². The fourth-order valence-electron chi connectivity index (χ4n) is 2.17. The second-order valence-corrected chi connectivity index (χ2v) is 5.72. The highest BCUT2D eigenvalue weighted by Gasteiger charge is 2.12. The number of aryl methyl sites for hydroxylation is 1. The third kappa shape index (κ3) is 4.48. The molecular formula is C17H17Cl2NO. The molecule has 0 aliphatic heterocycles. The van der Waals surface area contributed by atoms with Crippen LogP contribution in [0.25, 0.3) is 0 Å². The summed E-state index contributed by atoms with van der Waals surface area (Å²) in [6.45, 7) is 1.93. The van der Waals surface area contributed by atoms with Crippen molar-refractivity contribution in [3.8, 4) is 0 Å². The Morgan fingerprint density at radius 3 is 2.33 bits per heavy atom. The maximum absolute atomic E-state index is 12.0. The van der Waals surface area contributed by atoms with E-state index in [-0.39, 0.29) is 11.9 Å². The van der Waals surface area contributed by atoms with Gasteiger partial charge in [0, 0.05) is 16.5 Å². The molecule has 0 aliphatic carbocycles. The first-order chi connectivity index (χ1) is 10.1. The predicted octanol–water partition coefficient (Wildman–Crippen LogP) is 4.80. The molecule has 1 unspecified atom stereocenters. The van der Waals surface area contributed by atoms with Gasteiger partial charge in [0.15, 0.2) is 0 Å². The lowest BCUT2D eigenvalue weighted by molar-refractivity contribution is -0.121. The largest absolute Gasteiger partial charge is 0.350 e. The van der Waals surface area contributed by atoms with Crippen LogP contribution in [0.3, 0.4) is 0 Å². The first-order valence-electron chi connectivity index (χ1n) is 6.85. The van der Waals surface area contributed by atoms with Crippen molar-refractivity contribution in [2.75, 3.05) is 0 Å². The van der Waals surface area contributed by atoms with E-state index in [1.165, 1.54) is 0 Å². The quantitative estimate of drug-likeness (QED) is 0.841. The number of hydrogen-bond donors (Lipinski definition) is 1. The van der Waals surface area contributed by atoms with Crippen LogP contribution in [0, 0.1) is 0 Å². The summed E-state index contributed by atoms with van der Waals surface area (Å²) in [5.74, 6) is -0.0117. The fourth-order valence-corrected chi connectivity index (χ4v) is 2.70. The minimum Gasteiger partial charge on any atom is -0.350 e. The van der Waals surface area contributed by atoms with E-state index in [1.54, 1.807) is 0 Å². The summed E-state index contributed by atoms with van der Waals surface area (Å²) in [5, 5.41) is 4.32. The van der Waals surface area contributed by atoms with Crippen LogP contribution in [-0.4, -0.2) is 5.91 Å². The monoisotopic (exact) mass is 321 g/mol. The van der Waals surface area contributed by atoms with Crippen molar-refractivity contribution >= 4 is 29.1 Å². The van der Waals surface area contributed by atoms with Crippen molar-refractivity contribution in [1.29, 1.82) is 0 Å². The van der Waals surface area contributed by atoms with E-state index < -0.39 is 0 Å². The molecule has 21 heavy (non-hydrogen) atoms. The molecule has 0 aliphatic rings. The van der Waals surface area contributed by atoms with Crippen LogP contribution in [0.15, 0.2) is 48.5 Å². The Bertz CT molecular complexity index is 628. The van der Waals surface area contributed by atoms with Gasteiger partial charge in [0.05, 0.1) is 6.04 Å². The summed E-state index contributed by atoms with van der Waals surface area (Å²) < 4.78 is 0. The summed E-state index contributed by atoms with van der Waals surface area (Å²) in [4.78, 5) is 12.0. The molecule has 4 heteroatoms. The zero-order valence-corrected chi connectivity index (χ0v) is 13.3. The van der Waals surface area contributed by atoms with Crippen LogP contribution in [-0.2, 0) is 11.2 Å². The van der Waals surface area contributed by atoms with Crippen LogP contribution in [0.2, 0.25) is 10.0 Å². The van der Waals surface area contributed by atoms with Crippen LogP contribution in [0.1, 0.15) is 30.5 Å². The molecule has 0 aromatic heterocycles. The lowest BCUT2D eigenvalue weighted by Gasteiger charge is -2.15. The minimum absolute atomic E-state index is 0.0117. The Hall–Kier alpha value is -1.51. The van der Waals surface area contributed by atoms with Gasteiger partial charge in [0.2, 0.25) is 5.91 Å². The molecule has 2 aromatic carbocycles. The average molecular weight is 322 g/mol. The summed E-state index contributed by atoms with van der Waals surface area (Å²) in [6, 6.07) is 15.0. The molecular weight excluding hydrogens is 305 g/mol. The summed E-state index contributed by atoms with van der Waals surface area (Å²) >= 11 is 12.2. The maximum Gasteiger partial charge on any atom is 0.220 e. The molecule has 1 N–H and O–H groups in total. The van der Waals surface area contributed by atoms with Crippen LogP contribution in [0.4, 0.5) is 0 Å². The van der Waals surface area contributed by atoms with Crippen molar-refractivity contribution in [2.24, 2.45) is 0 Å². The molecule has 0 spiro atoms. The highest BCUT2D eigenvalue weighted by Crippen LogP contribution is 2.22. The number of carbonyl (C=O) groups is 1. The zero-order chi connectivity index (χ0) is 15.2. The Balaban J connectivity index is 1.90. The van der Waals surface area contributed by atoms with Crippen molar-refractivity contribution in [3.63, 3.8) is 0 Å². The maximum atomic E-state index is 12.0. The van der Waals surface area contributed by atoms with E-state index in [0.717, 1.165) is 11.1 Å². The average Bonchev–Trinajstić information content (AvgIpc) is 2.46. The first kappa shape index (κ1) is 15.9. The number of benzene rings is 2. The third-order valence-electron chi connectivity index (χ3n) is 3.33. The third-order valence-corrected chi connectivity index (χ3v) is 4.04. The number of halogens is 2. The van der Waals surface area contributed by atoms with Crippen molar-refractivity contribution in [2.45, 2.75) is 25.8 Å². The van der Waals surface area contributed by atoms with E-state index in [9.17, 15) is 4.79 Å². The van der Waals surface area contributed by atoms with E-state index in [0.29, 0.717) is 22.9 Å². The predicted molar refractivity (Wildman–Crippen MR) is 87.8 cm³/mol. The normalized spacial score (nSPS) is 12.0. The highest BCUT2D eigenvalue weighted by atomic mass is 35.5. The fraction of sp³-hybridized carbons (Fsp3) is 0.235.